The number of benzene rings is 3. The average molecular weight is 418 g/mol. The first-order valence-corrected chi connectivity index (χ1v) is 9.45. The lowest BCUT2D eigenvalue weighted by atomic mass is 10.1. The summed E-state index contributed by atoms with van der Waals surface area (Å²) >= 11 is 0. The van der Waals surface area contributed by atoms with Gasteiger partial charge in [0.05, 0.1) is 20.4 Å². The first-order valence-electron chi connectivity index (χ1n) is 9.45. The molecule has 0 saturated carbocycles. The lowest BCUT2D eigenvalue weighted by Crippen LogP contribution is -2.18. The van der Waals surface area contributed by atoms with Crippen molar-refractivity contribution in [2.75, 3.05) is 14.2 Å². The number of carbonyl (C=O) groups is 2. The number of esters is 1. The Balaban J connectivity index is 1.71. The van der Waals surface area contributed by atoms with Crippen molar-refractivity contribution in [3.63, 3.8) is 0 Å². The van der Waals surface area contributed by atoms with Crippen LogP contribution in [0.15, 0.2) is 71.8 Å². The predicted octanol–water partition coefficient (Wildman–Crippen LogP) is 4.00. The van der Waals surface area contributed by atoms with Gasteiger partial charge in [-0.25, -0.2) is 10.2 Å². The Morgan fingerprint density at radius 2 is 1.52 bits per heavy atom. The highest BCUT2D eigenvalue weighted by atomic mass is 16.6. The van der Waals surface area contributed by atoms with Gasteiger partial charge in [0.1, 0.15) is 11.3 Å². The van der Waals surface area contributed by atoms with E-state index in [1.807, 2.05) is 19.1 Å². The van der Waals surface area contributed by atoms with E-state index in [0.717, 1.165) is 5.56 Å². The van der Waals surface area contributed by atoms with Crippen LogP contribution in [-0.4, -0.2) is 32.3 Å². The lowest BCUT2D eigenvalue weighted by molar-refractivity contribution is 0.0726. The van der Waals surface area contributed by atoms with Gasteiger partial charge in [-0.15, -0.1) is 0 Å². The van der Waals surface area contributed by atoms with E-state index in [-0.39, 0.29) is 11.7 Å². The molecule has 0 bridgehead atoms. The van der Waals surface area contributed by atoms with Crippen molar-refractivity contribution in [1.82, 2.24) is 5.43 Å². The Morgan fingerprint density at radius 3 is 2.23 bits per heavy atom. The van der Waals surface area contributed by atoms with Gasteiger partial charge in [-0.05, 0) is 54.4 Å². The summed E-state index contributed by atoms with van der Waals surface area (Å²) in [5.41, 5.74) is 4.86. The number of methoxy groups -OCH3 is 2. The number of hydrogen-bond donors (Lipinski definition) is 1. The first-order chi connectivity index (χ1) is 15.0. The molecule has 0 aliphatic heterocycles. The van der Waals surface area contributed by atoms with Gasteiger partial charge < -0.3 is 14.2 Å². The van der Waals surface area contributed by atoms with Crippen LogP contribution in [0.5, 0.6) is 17.2 Å². The van der Waals surface area contributed by atoms with Crippen molar-refractivity contribution in [2.45, 2.75) is 6.92 Å². The molecule has 7 heteroatoms. The number of carbonyl (C=O) groups excluding carboxylic acids is 2. The van der Waals surface area contributed by atoms with Crippen molar-refractivity contribution in [3.8, 4) is 17.2 Å². The van der Waals surface area contributed by atoms with Crippen molar-refractivity contribution in [2.24, 2.45) is 5.10 Å². The maximum Gasteiger partial charge on any atom is 0.347 e. The lowest BCUT2D eigenvalue weighted by Gasteiger charge is -2.11. The van der Waals surface area contributed by atoms with Crippen LogP contribution in [0.3, 0.4) is 0 Å². The Labute approximate surface area is 180 Å². The van der Waals surface area contributed by atoms with Gasteiger partial charge in [-0.3, -0.25) is 4.79 Å². The normalized spacial score (nSPS) is 10.5. The molecule has 0 fully saturated rings. The second kappa shape index (κ2) is 10.1. The van der Waals surface area contributed by atoms with Gasteiger partial charge in [0.25, 0.3) is 5.91 Å². The maximum atomic E-state index is 12.5. The Bertz CT molecular complexity index is 1120. The van der Waals surface area contributed by atoms with Gasteiger partial charge >= 0.3 is 5.97 Å². The second-order valence-electron chi connectivity index (χ2n) is 6.51. The standard InChI is InChI=1S/C24H22N2O5/c1-16-8-4-5-9-18(16)23(27)26-25-15-17-12-13-21(22(14-17)30-3)31-24(28)19-10-6-7-11-20(19)29-2/h4-15H,1-3H3,(H,26,27)/b25-15-. The van der Waals surface area contributed by atoms with Crippen LogP contribution in [0, 0.1) is 6.92 Å². The summed E-state index contributed by atoms with van der Waals surface area (Å²) in [5, 5.41) is 3.99. The third-order valence-corrected chi connectivity index (χ3v) is 4.49. The molecule has 0 aromatic heterocycles. The summed E-state index contributed by atoms with van der Waals surface area (Å²) in [6.07, 6.45) is 1.48. The summed E-state index contributed by atoms with van der Waals surface area (Å²) in [7, 11) is 2.95. The highest BCUT2D eigenvalue weighted by molar-refractivity contribution is 5.96. The van der Waals surface area contributed by atoms with Crippen LogP contribution >= 0.6 is 0 Å². The number of amides is 1. The number of rotatable bonds is 7. The van der Waals surface area contributed by atoms with Crippen LogP contribution < -0.4 is 19.6 Å². The van der Waals surface area contributed by atoms with E-state index in [2.05, 4.69) is 10.5 Å². The zero-order valence-corrected chi connectivity index (χ0v) is 17.4. The van der Waals surface area contributed by atoms with Crippen molar-refractivity contribution in [3.05, 3.63) is 89.0 Å². The van der Waals surface area contributed by atoms with E-state index in [0.29, 0.717) is 28.2 Å². The molecule has 3 aromatic rings. The minimum Gasteiger partial charge on any atom is -0.496 e. The van der Waals surface area contributed by atoms with Gasteiger partial charge in [0, 0.05) is 5.56 Å². The summed E-state index contributed by atoms with van der Waals surface area (Å²) in [6, 6.07) is 19.0. The number of nitrogens with one attached hydrogen (secondary N) is 1. The molecule has 0 radical (unpaired) electrons. The molecule has 31 heavy (non-hydrogen) atoms. The number of para-hydroxylation sites is 1. The molecule has 0 saturated heterocycles. The molecule has 158 valence electrons. The van der Waals surface area contributed by atoms with E-state index in [9.17, 15) is 9.59 Å². The third-order valence-electron chi connectivity index (χ3n) is 4.49. The molecule has 0 aliphatic carbocycles. The fourth-order valence-electron chi connectivity index (χ4n) is 2.87. The molecular formula is C24H22N2O5. The highest BCUT2D eigenvalue weighted by Crippen LogP contribution is 2.29. The monoisotopic (exact) mass is 418 g/mol. The van der Waals surface area contributed by atoms with Gasteiger partial charge in [0.2, 0.25) is 0 Å². The van der Waals surface area contributed by atoms with E-state index in [1.165, 1.54) is 20.4 Å². The Hall–Kier alpha value is -4.13. The van der Waals surface area contributed by atoms with Gasteiger partial charge in [0.15, 0.2) is 11.5 Å². The molecule has 1 N–H and O–H groups in total. The largest absolute Gasteiger partial charge is 0.496 e. The van der Waals surface area contributed by atoms with Crippen LogP contribution in [0.1, 0.15) is 31.8 Å². The van der Waals surface area contributed by atoms with Crippen molar-refractivity contribution >= 4 is 18.1 Å². The third kappa shape index (κ3) is 5.27. The number of hydrazone groups is 1. The molecule has 0 spiro atoms. The molecule has 0 unspecified atom stereocenters. The van der Waals surface area contributed by atoms with Crippen LogP contribution in [0.4, 0.5) is 0 Å². The van der Waals surface area contributed by atoms with Gasteiger partial charge in [-0.2, -0.15) is 5.10 Å². The van der Waals surface area contributed by atoms with E-state index in [4.69, 9.17) is 14.2 Å². The molecule has 3 aromatic carbocycles. The second-order valence-corrected chi connectivity index (χ2v) is 6.51. The van der Waals surface area contributed by atoms with Crippen LogP contribution in [0.2, 0.25) is 0 Å². The number of ether oxygens (including phenoxy) is 3. The van der Waals surface area contributed by atoms with Crippen LogP contribution in [0.25, 0.3) is 0 Å². The molecule has 7 nitrogen and oxygen atoms in total. The smallest absolute Gasteiger partial charge is 0.347 e. The topological polar surface area (TPSA) is 86.2 Å². The first kappa shape index (κ1) is 21.6. The molecule has 3 rings (SSSR count). The summed E-state index contributed by atoms with van der Waals surface area (Å²) in [6.45, 7) is 1.86. The molecule has 1 amide bonds. The summed E-state index contributed by atoms with van der Waals surface area (Å²) in [4.78, 5) is 24.7. The minimum absolute atomic E-state index is 0.250. The Morgan fingerprint density at radius 1 is 0.839 bits per heavy atom. The number of aryl methyl sites for hydroxylation is 1. The molecule has 0 aliphatic rings. The fraction of sp³-hybridized carbons (Fsp3) is 0.125. The van der Waals surface area contributed by atoms with Crippen molar-refractivity contribution < 1.29 is 23.8 Å². The van der Waals surface area contributed by atoms with Crippen LogP contribution in [-0.2, 0) is 0 Å². The highest BCUT2D eigenvalue weighted by Gasteiger charge is 2.16. The zero-order valence-electron chi connectivity index (χ0n) is 17.4. The molecule has 0 atom stereocenters. The van der Waals surface area contributed by atoms with Crippen molar-refractivity contribution in [1.29, 1.82) is 0 Å². The molecular weight excluding hydrogens is 396 g/mol. The quantitative estimate of drug-likeness (QED) is 0.271. The summed E-state index contributed by atoms with van der Waals surface area (Å²) in [5.74, 6) is 0.142. The zero-order chi connectivity index (χ0) is 22.2. The van der Waals surface area contributed by atoms with E-state index >= 15 is 0 Å². The molecule has 0 heterocycles. The SMILES string of the molecule is COc1cc(/C=N\NC(=O)c2ccccc2C)ccc1OC(=O)c1ccccc1OC. The number of nitrogens with zero attached hydrogens (tertiary/aromatic N) is 1. The Kier molecular flexibility index (Phi) is 7.01. The average Bonchev–Trinajstić information content (AvgIpc) is 2.80. The maximum absolute atomic E-state index is 12.5. The minimum atomic E-state index is -0.567. The fourth-order valence-corrected chi connectivity index (χ4v) is 2.87. The predicted molar refractivity (Wildman–Crippen MR) is 117 cm³/mol. The van der Waals surface area contributed by atoms with E-state index < -0.39 is 5.97 Å². The van der Waals surface area contributed by atoms with Gasteiger partial charge in [-0.1, -0.05) is 30.3 Å². The number of hydrogen-bond acceptors (Lipinski definition) is 6. The van der Waals surface area contributed by atoms with E-state index in [1.54, 1.807) is 54.6 Å². The summed E-state index contributed by atoms with van der Waals surface area (Å²) < 4.78 is 16.0.